The molecule has 174 valence electrons. The minimum Gasteiger partial charge on any atom is -0.508 e. The summed E-state index contributed by atoms with van der Waals surface area (Å²) in [6.07, 6.45) is -0.161. The van der Waals surface area contributed by atoms with Crippen LogP contribution in [0.15, 0.2) is 85.5 Å². The van der Waals surface area contributed by atoms with Gasteiger partial charge in [0, 0.05) is 12.4 Å². The maximum Gasteiger partial charge on any atom is 0.416 e. The number of hydrogen-bond acceptors (Lipinski definition) is 3. The second-order valence-electron chi connectivity index (χ2n) is 7.34. The number of nitrogens with zero attached hydrogens (tertiary/aromatic N) is 3. The molecule has 0 aliphatic rings. The zero-order valence-electron chi connectivity index (χ0n) is 17.5. The van der Waals surface area contributed by atoms with Gasteiger partial charge in [0.1, 0.15) is 5.75 Å². The van der Waals surface area contributed by atoms with Crippen molar-refractivity contribution in [3.05, 3.63) is 102 Å². The van der Waals surface area contributed by atoms with Crippen molar-refractivity contribution in [2.24, 2.45) is 0 Å². The van der Waals surface area contributed by atoms with Gasteiger partial charge in [-0.15, -0.1) is 0 Å². The van der Waals surface area contributed by atoms with Gasteiger partial charge in [-0.1, -0.05) is 35.9 Å². The highest BCUT2D eigenvalue weighted by molar-refractivity contribution is 6.34. The fourth-order valence-electron chi connectivity index (χ4n) is 3.40. The van der Waals surface area contributed by atoms with Crippen LogP contribution in [0.25, 0.3) is 5.69 Å². The maximum atomic E-state index is 13.4. The Kier molecular flexibility index (Phi) is 6.47. The molecule has 0 radical (unpaired) electrons. The molecule has 2 amide bonds. The number of benzene rings is 3. The number of phenols is 1. The molecule has 0 bridgehead atoms. The zero-order valence-corrected chi connectivity index (χ0v) is 18.3. The summed E-state index contributed by atoms with van der Waals surface area (Å²) in [6, 6.07) is 15.2. The van der Waals surface area contributed by atoms with Crippen molar-refractivity contribution in [3.8, 4) is 11.4 Å². The summed E-state index contributed by atoms with van der Waals surface area (Å²) in [7, 11) is 0. The highest BCUT2D eigenvalue weighted by atomic mass is 35.5. The van der Waals surface area contributed by atoms with Crippen LogP contribution in [0.1, 0.15) is 11.1 Å². The molecule has 34 heavy (non-hydrogen) atoms. The molecule has 1 aromatic heterocycles. The number of phenolic OH excluding ortho intramolecular Hbond substituents is 1. The summed E-state index contributed by atoms with van der Waals surface area (Å²) in [5.41, 5.74) is 0.264. The number of halogens is 4. The molecule has 0 atom stereocenters. The van der Waals surface area contributed by atoms with E-state index in [0.29, 0.717) is 16.9 Å². The SMILES string of the molecule is O=C(Nc1cc(C(F)(F)F)ccc1-n1ccnc1)N(Cc1cccc(O)c1)c1ccccc1Cl. The van der Waals surface area contributed by atoms with E-state index in [2.05, 4.69) is 10.3 Å². The van der Waals surface area contributed by atoms with E-state index in [1.54, 1.807) is 42.6 Å². The van der Waals surface area contributed by atoms with Crippen molar-refractivity contribution in [3.63, 3.8) is 0 Å². The molecule has 4 rings (SSSR count). The first-order valence-corrected chi connectivity index (χ1v) is 10.4. The number of aromatic hydroxyl groups is 1. The lowest BCUT2D eigenvalue weighted by atomic mass is 10.1. The molecule has 1 heterocycles. The number of anilines is 2. The van der Waals surface area contributed by atoms with E-state index >= 15 is 0 Å². The molecule has 0 aliphatic carbocycles. The molecule has 4 aromatic rings. The summed E-state index contributed by atoms with van der Waals surface area (Å²) in [6.45, 7) is 0.00331. The number of carbonyl (C=O) groups excluding carboxylic acids is 1. The predicted molar refractivity (Wildman–Crippen MR) is 123 cm³/mol. The average Bonchev–Trinajstić information content (AvgIpc) is 3.32. The van der Waals surface area contributed by atoms with Crippen LogP contribution in [0.4, 0.5) is 29.3 Å². The topological polar surface area (TPSA) is 70.4 Å². The van der Waals surface area contributed by atoms with Crippen LogP contribution in [0.5, 0.6) is 5.75 Å². The number of amides is 2. The van der Waals surface area contributed by atoms with Gasteiger partial charge < -0.3 is 15.0 Å². The Morgan fingerprint density at radius 1 is 1.09 bits per heavy atom. The molecule has 10 heteroatoms. The van der Waals surface area contributed by atoms with Crippen molar-refractivity contribution < 1.29 is 23.1 Å². The van der Waals surface area contributed by atoms with Crippen molar-refractivity contribution in [1.82, 2.24) is 9.55 Å². The summed E-state index contributed by atoms with van der Waals surface area (Å²) in [4.78, 5) is 18.6. The number of nitrogens with one attached hydrogen (secondary N) is 1. The number of para-hydroxylation sites is 1. The molecule has 0 fully saturated rings. The highest BCUT2D eigenvalue weighted by Crippen LogP contribution is 2.34. The Labute approximate surface area is 197 Å². The molecule has 0 saturated heterocycles. The van der Waals surface area contributed by atoms with Gasteiger partial charge in [-0.2, -0.15) is 13.2 Å². The number of rotatable bonds is 5. The third kappa shape index (κ3) is 5.15. The molecule has 0 spiro atoms. The van der Waals surface area contributed by atoms with E-state index in [1.807, 2.05) is 0 Å². The summed E-state index contributed by atoms with van der Waals surface area (Å²) in [5.74, 6) is 0.0114. The van der Waals surface area contributed by atoms with E-state index < -0.39 is 17.8 Å². The largest absolute Gasteiger partial charge is 0.508 e. The van der Waals surface area contributed by atoms with Gasteiger partial charge in [-0.3, -0.25) is 4.90 Å². The third-order valence-corrected chi connectivity index (χ3v) is 5.31. The van der Waals surface area contributed by atoms with E-state index in [1.165, 1.54) is 40.2 Å². The predicted octanol–water partition coefficient (Wildman–Crippen LogP) is 6.49. The fraction of sp³-hybridized carbons (Fsp3) is 0.0833. The van der Waals surface area contributed by atoms with E-state index in [0.717, 1.165) is 12.1 Å². The second kappa shape index (κ2) is 9.48. The average molecular weight is 487 g/mol. The minimum absolute atomic E-state index is 0.00331. The highest BCUT2D eigenvalue weighted by Gasteiger charge is 2.31. The van der Waals surface area contributed by atoms with Crippen LogP contribution in [0, 0.1) is 0 Å². The van der Waals surface area contributed by atoms with Gasteiger partial charge in [0.05, 0.1) is 40.5 Å². The minimum atomic E-state index is -4.60. The molecule has 6 nitrogen and oxygen atoms in total. The lowest BCUT2D eigenvalue weighted by Crippen LogP contribution is -2.35. The van der Waals surface area contributed by atoms with Gasteiger partial charge in [0.15, 0.2) is 0 Å². The standard InChI is InChI=1S/C24H18ClF3N4O2/c25-19-6-1-2-7-21(19)32(14-16-4-3-5-18(33)12-16)23(34)30-20-13-17(24(26,27)28)8-9-22(20)31-11-10-29-15-31/h1-13,15,33H,14H2,(H,30,34). The van der Waals surface area contributed by atoms with Crippen molar-refractivity contribution in [2.45, 2.75) is 12.7 Å². The van der Waals surface area contributed by atoms with Crippen LogP contribution in [-0.2, 0) is 12.7 Å². The molecule has 3 aromatic carbocycles. The molecule has 0 unspecified atom stereocenters. The lowest BCUT2D eigenvalue weighted by Gasteiger charge is -2.25. The maximum absolute atomic E-state index is 13.4. The number of urea groups is 1. The Hall–Kier alpha value is -3.98. The first-order chi connectivity index (χ1) is 16.2. The van der Waals surface area contributed by atoms with Crippen LogP contribution in [0.3, 0.4) is 0 Å². The first-order valence-electron chi connectivity index (χ1n) is 10.0. The molecular weight excluding hydrogens is 469 g/mol. The first kappa shape index (κ1) is 23.2. The van der Waals surface area contributed by atoms with Gasteiger partial charge in [-0.25, -0.2) is 9.78 Å². The number of imidazole rings is 1. The van der Waals surface area contributed by atoms with Crippen molar-refractivity contribution in [1.29, 1.82) is 0 Å². The Bertz CT molecular complexity index is 1310. The van der Waals surface area contributed by atoms with Crippen LogP contribution in [-0.4, -0.2) is 20.7 Å². The Balaban J connectivity index is 1.74. The van der Waals surface area contributed by atoms with E-state index in [4.69, 9.17) is 11.6 Å². The second-order valence-corrected chi connectivity index (χ2v) is 7.74. The summed E-state index contributed by atoms with van der Waals surface area (Å²) >= 11 is 6.33. The molecule has 0 saturated carbocycles. The number of carbonyl (C=O) groups is 1. The van der Waals surface area contributed by atoms with Gasteiger partial charge >= 0.3 is 12.2 Å². The monoisotopic (exact) mass is 486 g/mol. The quantitative estimate of drug-likeness (QED) is 0.339. The van der Waals surface area contributed by atoms with E-state index in [9.17, 15) is 23.1 Å². The molecular formula is C24H18ClF3N4O2. The normalized spacial score (nSPS) is 11.3. The fourth-order valence-corrected chi connectivity index (χ4v) is 3.63. The van der Waals surface area contributed by atoms with Crippen LogP contribution in [0.2, 0.25) is 5.02 Å². The number of alkyl halides is 3. The molecule has 2 N–H and O–H groups in total. The van der Waals surface area contributed by atoms with Crippen LogP contribution >= 0.6 is 11.6 Å². The zero-order chi connectivity index (χ0) is 24.3. The summed E-state index contributed by atoms with van der Waals surface area (Å²) in [5, 5.41) is 12.7. The Morgan fingerprint density at radius 3 is 2.56 bits per heavy atom. The van der Waals surface area contributed by atoms with Gasteiger partial charge in [0.2, 0.25) is 0 Å². The summed E-state index contributed by atoms with van der Waals surface area (Å²) < 4.78 is 41.7. The van der Waals surface area contributed by atoms with E-state index in [-0.39, 0.29) is 23.0 Å². The number of aromatic nitrogens is 2. The van der Waals surface area contributed by atoms with Gasteiger partial charge in [0.25, 0.3) is 0 Å². The molecule has 0 aliphatic heterocycles. The third-order valence-electron chi connectivity index (χ3n) is 4.99. The van der Waals surface area contributed by atoms with Crippen molar-refractivity contribution in [2.75, 3.05) is 10.2 Å². The smallest absolute Gasteiger partial charge is 0.416 e. The van der Waals surface area contributed by atoms with Gasteiger partial charge in [-0.05, 0) is 48.0 Å². The van der Waals surface area contributed by atoms with Crippen molar-refractivity contribution >= 4 is 29.0 Å². The van der Waals surface area contributed by atoms with Crippen LogP contribution < -0.4 is 10.2 Å². The number of hydrogen-bond donors (Lipinski definition) is 2. The lowest BCUT2D eigenvalue weighted by molar-refractivity contribution is -0.137. The Morgan fingerprint density at radius 2 is 1.88 bits per heavy atom.